The summed E-state index contributed by atoms with van der Waals surface area (Å²) in [6, 6.07) is 9.83. The van der Waals surface area contributed by atoms with Gasteiger partial charge in [0.05, 0.1) is 0 Å². The SMILES string of the molecule is CC[C@H](C)[C@@H]1NC(=O)N(C2CC(C)(c3ccccc3)C2)C1=O. The molecule has 0 unspecified atom stereocenters. The summed E-state index contributed by atoms with van der Waals surface area (Å²) in [5.41, 5.74) is 1.36. The van der Waals surface area contributed by atoms with Gasteiger partial charge in [-0.25, -0.2) is 4.79 Å². The zero-order valence-electron chi connectivity index (χ0n) is 13.5. The van der Waals surface area contributed by atoms with Crippen molar-refractivity contribution in [2.45, 2.75) is 57.5 Å². The van der Waals surface area contributed by atoms with Crippen LogP contribution < -0.4 is 5.32 Å². The summed E-state index contributed by atoms with van der Waals surface area (Å²) in [6.07, 6.45) is 2.59. The van der Waals surface area contributed by atoms with Gasteiger partial charge in [0.2, 0.25) is 0 Å². The van der Waals surface area contributed by atoms with E-state index in [9.17, 15) is 9.59 Å². The number of urea groups is 1. The van der Waals surface area contributed by atoms with Gasteiger partial charge in [0.1, 0.15) is 6.04 Å². The second-order valence-corrected chi connectivity index (χ2v) is 7.01. The van der Waals surface area contributed by atoms with Crippen molar-refractivity contribution in [3.8, 4) is 0 Å². The van der Waals surface area contributed by atoms with Crippen LogP contribution in [0.15, 0.2) is 30.3 Å². The van der Waals surface area contributed by atoms with Gasteiger partial charge >= 0.3 is 6.03 Å². The Morgan fingerprint density at radius 2 is 1.91 bits per heavy atom. The molecule has 22 heavy (non-hydrogen) atoms. The van der Waals surface area contributed by atoms with Crippen molar-refractivity contribution in [1.82, 2.24) is 10.2 Å². The highest BCUT2D eigenvalue weighted by atomic mass is 16.2. The van der Waals surface area contributed by atoms with Crippen LogP contribution in [0.4, 0.5) is 4.79 Å². The summed E-state index contributed by atoms with van der Waals surface area (Å²) < 4.78 is 0. The molecule has 1 saturated carbocycles. The molecule has 0 spiro atoms. The van der Waals surface area contributed by atoms with E-state index >= 15 is 0 Å². The summed E-state index contributed by atoms with van der Waals surface area (Å²) in [4.78, 5) is 26.2. The fourth-order valence-electron chi connectivity index (χ4n) is 3.72. The highest BCUT2D eigenvalue weighted by Crippen LogP contribution is 2.46. The maximum atomic E-state index is 12.5. The third-order valence-corrected chi connectivity index (χ3v) is 5.42. The Morgan fingerprint density at radius 3 is 2.50 bits per heavy atom. The van der Waals surface area contributed by atoms with Crippen LogP contribution in [0.1, 0.15) is 45.6 Å². The molecular formula is C18H24N2O2. The smallest absolute Gasteiger partial charge is 0.325 e. The lowest BCUT2D eigenvalue weighted by atomic mass is 9.62. The van der Waals surface area contributed by atoms with Crippen molar-refractivity contribution in [1.29, 1.82) is 0 Å². The number of carbonyl (C=O) groups is 2. The van der Waals surface area contributed by atoms with Gasteiger partial charge in [-0.05, 0) is 29.7 Å². The van der Waals surface area contributed by atoms with Gasteiger partial charge in [-0.2, -0.15) is 0 Å². The molecular weight excluding hydrogens is 276 g/mol. The monoisotopic (exact) mass is 300 g/mol. The molecule has 2 fully saturated rings. The van der Waals surface area contributed by atoms with Gasteiger partial charge in [-0.3, -0.25) is 9.69 Å². The molecule has 1 aromatic rings. The van der Waals surface area contributed by atoms with Crippen molar-refractivity contribution in [2.75, 3.05) is 0 Å². The van der Waals surface area contributed by atoms with Gasteiger partial charge in [-0.1, -0.05) is 57.5 Å². The fourth-order valence-corrected chi connectivity index (χ4v) is 3.72. The molecule has 1 aromatic carbocycles. The first-order valence-electron chi connectivity index (χ1n) is 8.15. The number of imide groups is 1. The van der Waals surface area contributed by atoms with E-state index < -0.39 is 0 Å². The maximum Gasteiger partial charge on any atom is 0.325 e. The number of nitrogens with zero attached hydrogens (tertiary/aromatic N) is 1. The zero-order chi connectivity index (χ0) is 15.9. The Balaban J connectivity index is 1.70. The van der Waals surface area contributed by atoms with Crippen molar-refractivity contribution in [3.05, 3.63) is 35.9 Å². The Labute approximate surface area is 131 Å². The first-order chi connectivity index (χ1) is 10.5. The predicted molar refractivity (Wildman–Crippen MR) is 85.4 cm³/mol. The lowest BCUT2D eigenvalue weighted by molar-refractivity contribution is -0.132. The summed E-state index contributed by atoms with van der Waals surface area (Å²) in [6.45, 7) is 6.27. The molecule has 118 valence electrons. The van der Waals surface area contributed by atoms with Crippen LogP contribution in [0.5, 0.6) is 0 Å². The minimum atomic E-state index is -0.346. The Morgan fingerprint density at radius 1 is 1.27 bits per heavy atom. The standard InChI is InChI=1S/C18H24N2O2/c1-4-12(2)15-16(21)20(17(22)19-15)14-10-18(3,11-14)13-8-6-5-7-9-13/h5-9,12,14-15H,4,10-11H2,1-3H3,(H,19,22)/t12-,14?,15-,18?/m0/s1. The molecule has 1 heterocycles. The van der Waals surface area contributed by atoms with E-state index in [1.165, 1.54) is 10.5 Å². The number of hydrogen-bond acceptors (Lipinski definition) is 2. The molecule has 2 atom stereocenters. The van der Waals surface area contributed by atoms with Gasteiger partial charge in [0.25, 0.3) is 5.91 Å². The molecule has 1 saturated heterocycles. The first-order valence-corrected chi connectivity index (χ1v) is 8.15. The molecule has 1 aliphatic carbocycles. The van der Waals surface area contributed by atoms with Gasteiger partial charge in [0, 0.05) is 6.04 Å². The summed E-state index contributed by atoms with van der Waals surface area (Å²) >= 11 is 0. The fraction of sp³-hybridized carbons (Fsp3) is 0.556. The van der Waals surface area contributed by atoms with Crippen LogP contribution in [-0.4, -0.2) is 28.9 Å². The largest absolute Gasteiger partial charge is 0.326 e. The van der Waals surface area contributed by atoms with E-state index in [1.807, 2.05) is 32.0 Å². The first kappa shape index (κ1) is 15.1. The number of amides is 3. The number of rotatable bonds is 4. The maximum absolute atomic E-state index is 12.5. The molecule has 3 rings (SSSR count). The number of nitrogens with one attached hydrogen (secondary N) is 1. The normalized spacial score (nSPS) is 32.6. The van der Waals surface area contributed by atoms with E-state index in [2.05, 4.69) is 24.4 Å². The van der Waals surface area contributed by atoms with Crippen LogP contribution in [0, 0.1) is 5.92 Å². The van der Waals surface area contributed by atoms with Crippen LogP contribution in [-0.2, 0) is 10.2 Å². The lowest BCUT2D eigenvalue weighted by Gasteiger charge is -2.48. The van der Waals surface area contributed by atoms with Gasteiger partial charge in [-0.15, -0.1) is 0 Å². The molecule has 4 heteroatoms. The minimum Gasteiger partial charge on any atom is -0.326 e. The average molecular weight is 300 g/mol. The quantitative estimate of drug-likeness (QED) is 0.869. The summed E-state index contributed by atoms with van der Waals surface area (Å²) in [7, 11) is 0. The van der Waals surface area contributed by atoms with E-state index in [-0.39, 0.29) is 35.4 Å². The van der Waals surface area contributed by atoms with Crippen LogP contribution in [0.2, 0.25) is 0 Å². The van der Waals surface area contributed by atoms with Gasteiger partial charge < -0.3 is 5.32 Å². The molecule has 1 N–H and O–H groups in total. The summed E-state index contributed by atoms with van der Waals surface area (Å²) in [5, 5.41) is 2.86. The molecule has 0 radical (unpaired) electrons. The topological polar surface area (TPSA) is 49.4 Å². The highest BCUT2D eigenvalue weighted by molar-refractivity contribution is 6.04. The molecule has 1 aliphatic heterocycles. The lowest BCUT2D eigenvalue weighted by Crippen LogP contribution is -2.54. The van der Waals surface area contributed by atoms with Crippen molar-refractivity contribution in [3.63, 3.8) is 0 Å². The Hall–Kier alpha value is -1.84. The second kappa shape index (κ2) is 5.41. The van der Waals surface area contributed by atoms with Crippen molar-refractivity contribution in [2.24, 2.45) is 5.92 Å². The van der Waals surface area contributed by atoms with E-state index in [1.54, 1.807) is 0 Å². The van der Waals surface area contributed by atoms with E-state index in [0.717, 1.165) is 19.3 Å². The summed E-state index contributed by atoms with van der Waals surface area (Å²) in [5.74, 6) is 0.140. The van der Waals surface area contributed by atoms with Crippen molar-refractivity contribution >= 4 is 11.9 Å². The van der Waals surface area contributed by atoms with Crippen LogP contribution in [0.25, 0.3) is 0 Å². The third kappa shape index (κ3) is 2.31. The second-order valence-electron chi connectivity index (χ2n) is 7.01. The van der Waals surface area contributed by atoms with Crippen molar-refractivity contribution < 1.29 is 9.59 Å². The number of benzene rings is 1. The molecule has 0 aromatic heterocycles. The number of carbonyl (C=O) groups excluding carboxylic acids is 2. The van der Waals surface area contributed by atoms with E-state index in [4.69, 9.17) is 0 Å². The Kier molecular flexibility index (Phi) is 3.71. The van der Waals surface area contributed by atoms with Gasteiger partial charge in [0.15, 0.2) is 0 Å². The average Bonchev–Trinajstić information content (AvgIpc) is 2.79. The van der Waals surface area contributed by atoms with Crippen LogP contribution in [0.3, 0.4) is 0 Å². The highest BCUT2D eigenvalue weighted by Gasteiger charge is 2.51. The zero-order valence-corrected chi connectivity index (χ0v) is 13.5. The van der Waals surface area contributed by atoms with Crippen LogP contribution >= 0.6 is 0 Å². The molecule has 3 amide bonds. The number of hydrogen-bond donors (Lipinski definition) is 1. The Bertz CT molecular complexity index is 578. The molecule has 4 nitrogen and oxygen atoms in total. The molecule has 0 bridgehead atoms. The third-order valence-electron chi connectivity index (χ3n) is 5.42. The minimum absolute atomic E-state index is 0.0340. The predicted octanol–water partition coefficient (Wildman–Crippen LogP) is 3.07. The van der Waals surface area contributed by atoms with E-state index in [0.29, 0.717) is 0 Å². The molecule has 2 aliphatic rings.